The van der Waals surface area contributed by atoms with Crippen LogP contribution in [0.1, 0.15) is 95.9 Å². The first-order valence-corrected chi connectivity index (χ1v) is 10.7. The Morgan fingerprint density at radius 3 is 1.77 bits per heavy atom. The maximum Gasteiger partial charge on any atom is 0.119 e. The molecule has 1 aliphatic rings. The molecule has 1 aliphatic carbocycles. The van der Waals surface area contributed by atoms with Gasteiger partial charge in [-0.25, -0.2) is 24.4 Å². The average Bonchev–Trinajstić information content (AvgIpc) is 2.57. The molecule has 176 valence electrons. The molecule has 0 saturated heterocycles. The summed E-state index contributed by atoms with van der Waals surface area (Å²) in [7, 11) is 0. The quantitative estimate of drug-likeness (QED) is 0.331. The fourth-order valence-corrected chi connectivity index (χ4v) is 3.35. The van der Waals surface area contributed by atoms with Gasteiger partial charge in [-0.15, -0.1) is 0 Å². The van der Waals surface area contributed by atoms with Crippen molar-refractivity contribution in [1.82, 2.24) is 0 Å². The van der Waals surface area contributed by atoms with E-state index in [0.717, 1.165) is 5.57 Å². The van der Waals surface area contributed by atoms with Gasteiger partial charge in [0.15, 0.2) is 0 Å². The van der Waals surface area contributed by atoms with E-state index in [0.29, 0.717) is 12.8 Å². The van der Waals surface area contributed by atoms with E-state index in [4.69, 9.17) is 24.4 Å². The van der Waals surface area contributed by atoms with Gasteiger partial charge in [0.1, 0.15) is 11.2 Å². The first-order chi connectivity index (χ1) is 13.2. The van der Waals surface area contributed by atoms with Gasteiger partial charge < -0.3 is 0 Å². The Labute approximate surface area is 183 Å². The van der Waals surface area contributed by atoms with Gasteiger partial charge >= 0.3 is 0 Å². The summed E-state index contributed by atoms with van der Waals surface area (Å²) in [6.07, 6.45) is 7.30. The Balaban J connectivity index is 3.27. The van der Waals surface area contributed by atoms with Gasteiger partial charge in [0.2, 0.25) is 0 Å². The summed E-state index contributed by atoms with van der Waals surface area (Å²) < 4.78 is 0. The van der Waals surface area contributed by atoms with Crippen LogP contribution in [-0.2, 0) is 24.4 Å². The molecule has 0 fully saturated rings. The highest BCUT2D eigenvalue weighted by Crippen LogP contribution is 2.51. The Morgan fingerprint density at radius 1 is 0.800 bits per heavy atom. The molecule has 0 aromatic carbocycles. The lowest BCUT2D eigenvalue weighted by Crippen LogP contribution is -2.51. The highest BCUT2D eigenvalue weighted by molar-refractivity contribution is 5.32. The summed E-state index contributed by atoms with van der Waals surface area (Å²) >= 11 is 0. The number of allylic oxidation sites excluding steroid dienone is 2. The van der Waals surface area contributed by atoms with Crippen molar-refractivity contribution in [1.29, 1.82) is 0 Å². The topological polar surface area (TPSA) is 66.4 Å². The lowest BCUT2D eigenvalue weighted by Gasteiger charge is -2.49. The third-order valence-corrected chi connectivity index (χ3v) is 5.18. The summed E-state index contributed by atoms with van der Waals surface area (Å²) in [6.45, 7) is 23.4. The van der Waals surface area contributed by atoms with Crippen molar-refractivity contribution in [2.75, 3.05) is 0 Å². The van der Waals surface area contributed by atoms with Crippen molar-refractivity contribution in [2.24, 2.45) is 5.41 Å². The second kappa shape index (κ2) is 9.00. The molecule has 6 heteroatoms. The number of rotatable bonds is 9. The lowest BCUT2D eigenvalue weighted by atomic mass is 9.61. The van der Waals surface area contributed by atoms with Crippen LogP contribution in [0.4, 0.5) is 0 Å². The minimum Gasteiger partial charge on any atom is -0.251 e. The Kier molecular flexibility index (Phi) is 8.19. The van der Waals surface area contributed by atoms with Crippen LogP contribution in [0.25, 0.3) is 0 Å². The van der Waals surface area contributed by atoms with Crippen LogP contribution in [0.3, 0.4) is 0 Å². The van der Waals surface area contributed by atoms with Gasteiger partial charge in [0.05, 0.1) is 16.8 Å². The zero-order valence-corrected chi connectivity index (χ0v) is 21.1. The molecular weight excluding hydrogens is 384 g/mol. The van der Waals surface area contributed by atoms with E-state index in [-0.39, 0.29) is 0 Å². The predicted molar refractivity (Wildman–Crippen MR) is 119 cm³/mol. The molecule has 0 radical (unpaired) electrons. The normalized spacial score (nSPS) is 21.7. The van der Waals surface area contributed by atoms with E-state index in [9.17, 15) is 5.26 Å². The SMILES string of the molecule is CC(C)(C)OOC(C)(C)C1=CC=CC(CC(C)(C)OO)(C(C)(C)OOC(C)(C)C)C1. The highest BCUT2D eigenvalue weighted by atomic mass is 17.2. The first-order valence-electron chi connectivity index (χ1n) is 10.7. The molecule has 0 aromatic heterocycles. The molecule has 0 spiro atoms. The molecule has 1 N–H and O–H groups in total. The molecular formula is C24H44O6. The third-order valence-electron chi connectivity index (χ3n) is 5.18. The van der Waals surface area contributed by atoms with Crippen molar-refractivity contribution >= 4 is 0 Å². The third kappa shape index (κ3) is 7.74. The van der Waals surface area contributed by atoms with Crippen LogP contribution in [-0.4, -0.2) is 33.3 Å². The Bertz CT molecular complexity index is 631. The van der Waals surface area contributed by atoms with E-state index in [1.165, 1.54) is 0 Å². The minimum atomic E-state index is -0.790. The molecule has 0 saturated carbocycles. The van der Waals surface area contributed by atoms with Gasteiger partial charge in [0.25, 0.3) is 0 Å². The van der Waals surface area contributed by atoms with Crippen molar-refractivity contribution in [2.45, 2.75) is 124 Å². The van der Waals surface area contributed by atoms with Gasteiger partial charge in [0, 0.05) is 5.41 Å². The molecule has 0 bridgehead atoms. The van der Waals surface area contributed by atoms with E-state index in [1.54, 1.807) is 0 Å². The summed E-state index contributed by atoms with van der Waals surface area (Å²) in [5.41, 5.74) is -2.53. The molecule has 30 heavy (non-hydrogen) atoms. The molecule has 1 atom stereocenters. The summed E-state index contributed by atoms with van der Waals surface area (Å²) in [6, 6.07) is 0. The van der Waals surface area contributed by atoms with Gasteiger partial charge in [-0.1, -0.05) is 18.2 Å². The number of hydrogen-bond donors (Lipinski definition) is 1. The average molecular weight is 429 g/mol. The summed E-state index contributed by atoms with van der Waals surface area (Å²) in [5, 5.41) is 9.51. The first kappa shape index (κ1) is 27.3. The van der Waals surface area contributed by atoms with Gasteiger partial charge in [-0.2, -0.15) is 0 Å². The van der Waals surface area contributed by atoms with Crippen LogP contribution in [0.15, 0.2) is 23.8 Å². The van der Waals surface area contributed by atoms with Crippen molar-refractivity contribution in [3.63, 3.8) is 0 Å². The van der Waals surface area contributed by atoms with Crippen molar-refractivity contribution in [3.05, 3.63) is 23.8 Å². The van der Waals surface area contributed by atoms with Crippen LogP contribution in [0.5, 0.6) is 0 Å². The molecule has 6 nitrogen and oxygen atoms in total. The predicted octanol–water partition coefficient (Wildman–Crippen LogP) is 6.57. The van der Waals surface area contributed by atoms with E-state index in [1.807, 2.05) is 89.2 Å². The maximum absolute atomic E-state index is 9.51. The Morgan fingerprint density at radius 2 is 1.30 bits per heavy atom. The molecule has 0 aromatic rings. The maximum atomic E-state index is 9.51. The van der Waals surface area contributed by atoms with Crippen LogP contribution in [0, 0.1) is 5.41 Å². The lowest BCUT2D eigenvalue weighted by molar-refractivity contribution is -0.418. The van der Waals surface area contributed by atoms with E-state index < -0.39 is 33.4 Å². The number of hydrogen-bond acceptors (Lipinski definition) is 6. The molecule has 1 rings (SSSR count). The van der Waals surface area contributed by atoms with Crippen LogP contribution >= 0.6 is 0 Å². The Hall–Kier alpha value is -0.760. The van der Waals surface area contributed by atoms with E-state index >= 15 is 0 Å². The summed E-state index contributed by atoms with van der Waals surface area (Å²) in [4.78, 5) is 28.0. The van der Waals surface area contributed by atoms with Crippen molar-refractivity contribution in [3.8, 4) is 0 Å². The minimum absolute atomic E-state index is 0.422. The fourth-order valence-electron chi connectivity index (χ4n) is 3.35. The fraction of sp³-hybridized carbons (Fsp3) is 0.833. The van der Waals surface area contributed by atoms with Gasteiger partial charge in [-0.3, -0.25) is 5.26 Å². The van der Waals surface area contributed by atoms with Crippen LogP contribution in [0.2, 0.25) is 0 Å². The molecule has 1 unspecified atom stereocenters. The molecule has 0 amide bonds. The van der Waals surface area contributed by atoms with Crippen LogP contribution < -0.4 is 0 Å². The second-order valence-corrected chi connectivity index (χ2v) is 12.0. The largest absolute Gasteiger partial charge is 0.251 e. The standard InChI is InChI=1S/C24H44O6/c1-19(2,3)27-29-22(9,10)18-14-13-15-24(16-18,17-21(7,8)26-25)23(11,12)30-28-20(4,5)6/h13-15,25H,16-17H2,1-12H3. The monoisotopic (exact) mass is 428 g/mol. The second-order valence-electron chi connectivity index (χ2n) is 12.0. The van der Waals surface area contributed by atoms with Gasteiger partial charge in [-0.05, 0) is 101 Å². The highest BCUT2D eigenvalue weighted by Gasteiger charge is 2.52. The zero-order valence-electron chi connectivity index (χ0n) is 21.1. The van der Waals surface area contributed by atoms with E-state index in [2.05, 4.69) is 12.2 Å². The zero-order chi connectivity index (χ0) is 23.6. The molecule has 0 aliphatic heterocycles. The molecule has 0 heterocycles. The summed E-state index contributed by atoms with van der Waals surface area (Å²) in [5.74, 6) is 0. The smallest absolute Gasteiger partial charge is 0.119 e. The van der Waals surface area contributed by atoms with Crippen molar-refractivity contribution < 1.29 is 29.7 Å².